The van der Waals surface area contributed by atoms with Gasteiger partial charge in [0.15, 0.2) is 17.2 Å². The summed E-state index contributed by atoms with van der Waals surface area (Å²) in [6.07, 6.45) is 1.65. The largest absolute Gasteiger partial charge is 0.454 e. The summed E-state index contributed by atoms with van der Waals surface area (Å²) in [6, 6.07) is 11.0. The molecule has 2 aliphatic heterocycles. The summed E-state index contributed by atoms with van der Waals surface area (Å²) in [6.45, 7) is 0.190. The molecule has 2 aromatic carbocycles. The maximum absolute atomic E-state index is 12.1. The highest BCUT2D eigenvalue weighted by Crippen LogP contribution is 2.38. The molecular weight excluding hydrogens is 442 g/mol. The quantitative estimate of drug-likeness (QED) is 0.506. The standard InChI is InChI=1S/C17H9Br2NO4/c18-11-3-1-9(2-4-11)16-20-13(17(21)24-16)5-10-6-14-15(7-12(10)19)23-8-22-14/h1-7H,8H2/b13-5-. The molecule has 2 aliphatic rings. The molecule has 0 radical (unpaired) electrons. The Morgan fingerprint density at radius 2 is 1.75 bits per heavy atom. The predicted octanol–water partition coefficient (Wildman–Crippen LogP) is 4.28. The predicted molar refractivity (Wildman–Crippen MR) is 95.0 cm³/mol. The Labute approximate surface area is 154 Å². The minimum atomic E-state index is -0.488. The van der Waals surface area contributed by atoms with Gasteiger partial charge in [0.05, 0.1) is 0 Å². The van der Waals surface area contributed by atoms with Crippen LogP contribution in [0.3, 0.4) is 0 Å². The number of cyclic esters (lactones) is 1. The number of esters is 1. The smallest absolute Gasteiger partial charge is 0.363 e. The number of hydrogen-bond donors (Lipinski definition) is 0. The van der Waals surface area contributed by atoms with E-state index in [2.05, 4.69) is 36.9 Å². The molecule has 0 saturated heterocycles. The van der Waals surface area contributed by atoms with Gasteiger partial charge in [-0.25, -0.2) is 9.79 Å². The van der Waals surface area contributed by atoms with E-state index in [1.807, 2.05) is 24.3 Å². The number of benzene rings is 2. The van der Waals surface area contributed by atoms with Gasteiger partial charge in [-0.1, -0.05) is 31.9 Å². The topological polar surface area (TPSA) is 57.1 Å². The Morgan fingerprint density at radius 1 is 1.04 bits per heavy atom. The van der Waals surface area contributed by atoms with Gasteiger partial charge in [-0.15, -0.1) is 0 Å². The monoisotopic (exact) mass is 449 g/mol. The number of aliphatic imine (C=N–C) groups is 1. The van der Waals surface area contributed by atoms with Crippen molar-refractivity contribution in [3.63, 3.8) is 0 Å². The first-order valence-corrected chi connectivity index (χ1v) is 8.56. The SMILES string of the molecule is O=C1OC(c2ccc(Br)cc2)=N/C1=C\c1cc2c(cc1Br)OCO2. The van der Waals surface area contributed by atoms with Gasteiger partial charge in [-0.3, -0.25) is 0 Å². The van der Waals surface area contributed by atoms with Gasteiger partial charge in [0.2, 0.25) is 12.7 Å². The summed E-state index contributed by atoms with van der Waals surface area (Å²) in [7, 11) is 0. The zero-order valence-corrected chi connectivity index (χ0v) is 15.3. The molecule has 0 saturated carbocycles. The Kier molecular flexibility index (Phi) is 3.90. The van der Waals surface area contributed by atoms with Crippen LogP contribution in [0.4, 0.5) is 0 Å². The summed E-state index contributed by atoms with van der Waals surface area (Å²) in [5.74, 6) is 1.10. The number of ether oxygens (including phenoxy) is 3. The molecule has 0 amide bonds. The molecule has 0 N–H and O–H groups in total. The fourth-order valence-electron chi connectivity index (χ4n) is 2.32. The molecule has 2 heterocycles. The molecule has 7 heteroatoms. The lowest BCUT2D eigenvalue weighted by molar-refractivity contribution is -0.129. The average Bonchev–Trinajstić information content (AvgIpc) is 3.15. The van der Waals surface area contributed by atoms with Crippen molar-refractivity contribution in [2.75, 3.05) is 6.79 Å². The third-order valence-corrected chi connectivity index (χ3v) is 4.71. The van der Waals surface area contributed by atoms with Crippen molar-refractivity contribution in [3.8, 4) is 11.5 Å². The second-order valence-corrected chi connectivity index (χ2v) is 6.84. The molecule has 2 aromatic rings. The summed E-state index contributed by atoms with van der Waals surface area (Å²) in [5.41, 5.74) is 1.72. The molecule has 5 nitrogen and oxygen atoms in total. The molecule has 0 aromatic heterocycles. The van der Waals surface area contributed by atoms with Crippen molar-refractivity contribution in [2.24, 2.45) is 4.99 Å². The van der Waals surface area contributed by atoms with E-state index in [9.17, 15) is 4.79 Å². The van der Waals surface area contributed by atoms with Crippen molar-refractivity contribution >= 4 is 49.8 Å². The summed E-state index contributed by atoms with van der Waals surface area (Å²) in [4.78, 5) is 16.4. The van der Waals surface area contributed by atoms with Gasteiger partial charge in [-0.2, -0.15) is 0 Å². The van der Waals surface area contributed by atoms with E-state index >= 15 is 0 Å². The number of rotatable bonds is 2. The summed E-state index contributed by atoms with van der Waals surface area (Å²) >= 11 is 6.83. The molecule has 0 unspecified atom stereocenters. The Bertz CT molecular complexity index is 904. The molecule has 0 bridgehead atoms. The van der Waals surface area contributed by atoms with Crippen LogP contribution in [0.5, 0.6) is 11.5 Å². The molecule has 24 heavy (non-hydrogen) atoms. The zero-order valence-electron chi connectivity index (χ0n) is 12.1. The maximum Gasteiger partial charge on any atom is 0.363 e. The summed E-state index contributed by atoms with van der Waals surface area (Å²) < 4.78 is 17.7. The molecule has 0 aliphatic carbocycles. The van der Waals surface area contributed by atoms with Crippen molar-refractivity contribution in [2.45, 2.75) is 0 Å². The highest BCUT2D eigenvalue weighted by atomic mass is 79.9. The lowest BCUT2D eigenvalue weighted by atomic mass is 10.1. The third kappa shape index (κ3) is 2.85. The Morgan fingerprint density at radius 3 is 2.50 bits per heavy atom. The first-order chi connectivity index (χ1) is 11.6. The van der Waals surface area contributed by atoms with E-state index < -0.39 is 5.97 Å². The van der Waals surface area contributed by atoms with Crippen LogP contribution in [0.2, 0.25) is 0 Å². The molecular formula is C17H9Br2NO4. The van der Waals surface area contributed by atoms with Gasteiger partial charge in [0.1, 0.15) is 0 Å². The van der Waals surface area contributed by atoms with E-state index in [-0.39, 0.29) is 18.4 Å². The molecule has 0 spiro atoms. The van der Waals surface area contributed by atoms with Crippen LogP contribution in [0, 0.1) is 0 Å². The minimum absolute atomic E-state index is 0.190. The lowest BCUT2D eigenvalue weighted by Crippen LogP contribution is -2.05. The normalized spacial score (nSPS) is 17.2. The number of carbonyl (C=O) groups is 1. The number of nitrogens with zero attached hydrogens (tertiary/aromatic N) is 1. The van der Waals surface area contributed by atoms with Gasteiger partial charge in [-0.05, 0) is 48.0 Å². The van der Waals surface area contributed by atoms with Crippen molar-refractivity contribution < 1.29 is 19.0 Å². The van der Waals surface area contributed by atoms with E-state index in [4.69, 9.17) is 14.2 Å². The second-order valence-electron chi connectivity index (χ2n) is 5.07. The van der Waals surface area contributed by atoms with Gasteiger partial charge in [0, 0.05) is 14.5 Å². The van der Waals surface area contributed by atoms with Crippen LogP contribution in [0.15, 0.2) is 56.0 Å². The van der Waals surface area contributed by atoms with Crippen molar-refractivity contribution in [3.05, 3.63) is 62.2 Å². The van der Waals surface area contributed by atoms with E-state index in [0.717, 1.165) is 20.1 Å². The van der Waals surface area contributed by atoms with Crippen LogP contribution in [-0.4, -0.2) is 18.7 Å². The van der Waals surface area contributed by atoms with Crippen molar-refractivity contribution in [1.29, 1.82) is 0 Å². The Balaban J connectivity index is 1.70. The lowest BCUT2D eigenvalue weighted by Gasteiger charge is -2.02. The van der Waals surface area contributed by atoms with E-state index in [1.54, 1.807) is 18.2 Å². The molecule has 0 atom stereocenters. The van der Waals surface area contributed by atoms with Crippen LogP contribution < -0.4 is 9.47 Å². The maximum atomic E-state index is 12.1. The molecule has 0 fully saturated rings. The minimum Gasteiger partial charge on any atom is -0.454 e. The van der Waals surface area contributed by atoms with Crippen LogP contribution in [0.25, 0.3) is 6.08 Å². The fourth-order valence-corrected chi connectivity index (χ4v) is 3.02. The van der Waals surface area contributed by atoms with Crippen molar-refractivity contribution in [1.82, 2.24) is 0 Å². The molecule has 120 valence electrons. The summed E-state index contributed by atoms with van der Waals surface area (Å²) in [5, 5.41) is 0. The van der Waals surface area contributed by atoms with Crippen LogP contribution in [-0.2, 0) is 9.53 Å². The van der Waals surface area contributed by atoms with Crippen LogP contribution >= 0.6 is 31.9 Å². The third-order valence-electron chi connectivity index (χ3n) is 3.50. The fraction of sp³-hybridized carbons (Fsp3) is 0.0588. The van der Waals surface area contributed by atoms with Gasteiger partial charge in [0.25, 0.3) is 0 Å². The number of fused-ring (bicyclic) bond motifs is 1. The zero-order chi connectivity index (χ0) is 16.7. The number of halogens is 2. The van der Waals surface area contributed by atoms with E-state index in [0.29, 0.717) is 11.5 Å². The second kappa shape index (κ2) is 6.07. The highest BCUT2D eigenvalue weighted by molar-refractivity contribution is 9.10. The van der Waals surface area contributed by atoms with Crippen LogP contribution in [0.1, 0.15) is 11.1 Å². The first kappa shape index (κ1) is 15.4. The number of hydrogen-bond acceptors (Lipinski definition) is 5. The van der Waals surface area contributed by atoms with E-state index in [1.165, 1.54) is 0 Å². The Hall–Kier alpha value is -2.12. The highest BCUT2D eigenvalue weighted by Gasteiger charge is 2.25. The molecule has 4 rings (SSSR count). The number of carbonyl (C=O) groups excluding carboxylic acids is 1. The average molecular weight is 451 g/mol. The van der Waals surface area contributed by atoms with Gasteiger partial charge >= 0.3 is 5.97 Å². The first-order valence-electron chi connectivity index (χ1n) is 6.98. The van der Waals surface area contributed by atoms with Gasteiger partial charge < -0.3 is 14.2 Å².